The average molecular weight is 515 g/mol. The summed E-state index contributed by atoms with van der Waals surface area (Å²) < 4.78 is 24.3. The number of carbonyl (C=O) groups excluding carboxylic acids is 2. The number of hydrogen-bond donors (Lipinski definition) is 2. The van der Waals surface area contributed by atoms with Gasteiger partial charge in [0, 0.05) is 27.9 Å². The maximum Gasteiger partial charge on any atom is 0.255 e. The van der Waals surface area contributed by atoms with Crippen LogP contribution in [0.5, 0.6) is 11.5 Å². The van der Waals surface area contributed by atoms with Crippen LogP contribution >= 0.6 is 11.8 Å². The van der Waals surface area contributed by atoms with Crippen molar-refractivity contribution in [3.05, 3.63) is 114 Å². The van der Waals surface area contributed by atoms with Crippen LogP contribution in [0.3, 0.4) is 0 Å². The number of ether oxygens (including phenoxy) is 2. The van der Waals surface area contributed by atoms with Crippen LogP contribution in [0.1, 0.15) is 21.2 Å². The number of thioether (sulfide) groups is 1. The Morgan fingerprint density at radius 1 is 0.757 bits per heavy atom. The summed E-state index contributed by atoms with van der Waals surface area (Å²) in [5.74, 6) is 0.350. The largest absolute Gasteiger partial charge is 0.486 e. The molecule has 6 nitrogen and oxygen atoms in total. The third-order valence-electron chi connectivity index (χ3n) is 5.62. The summed E-state index contributed by atoms with van der Waals surface area (Å²) in [6.07, 6.45) is 0. The Morgan fingerprint density at radius 3 is 2.16 bits per heavy atom. The summed E-state index contributed by atoms with van der Waals surface area (Å²) >= 11 is 1.40. The molecule has 1 heterocycles. The van der Waals surface area contributed by atoms with Crippen LogP contribution < -0.4 is 20.1 Å². The number of benzene rings is 4. The van der Waals surface area contributed by atoms with Crippen LogP contribution in [-0.2, 0) is 4.79 Å². The second-order valence-corrected chi connectivity index (χ2v) is 9.42. The zero-order valence-electron chi connectivity index (χ0n) is 19.6. The van der Waals surface area contributed by atoms with Gasteiger partial charge in [0.1, 0.15) is 24.3 Å². The van der Waals surface area contributed by atoms with Gasteiger partial charge < -0.3 is 20.1 Å². The molecule has 0 saturated heterocycles. The summed E-state index contributed by atoms with van der Waals surface area (Å²) in [6, 6.07) is 27.4. The van der Waals surface area contributed by atoms with Gasteiger partial charge in [-0.1, -0.05) is 30.3 Å². The Morgan fingerprint density at radius 2 is 1.43 bits per heavy atom. The van der Waals surface area contributed by atoms with E-state index in [1.807, 2.05) is 42.5 Å². The van der Waals surface area contributed by atoms with Gasteiger partial charge in [-0.25, -0.2) is 4.39 Å². The highest BCUT2D eigenvalue weighted by atomic mass is 32.2. The molecule has 2 amide bonds. The first kappa shape index (κ1) is 24.4. The fraction of sp³-hybridized carbons (Fsp3) is 0.103. The Bertz CT molecular complexity index is 1400. The fourth-order valence-corrected chi connectivity index (χ4v) is 4.81. The third kappa shape index (κ3) is 6.10. The van der Waals surface area contributed by atoms with Crippen molar-refractivity contribution in [1.29, 1.82) is 0 Å². The van der Waals surface area contributed by atoms with Crippen molar-refractivity contribution < 1.29 is 23.5 Å². The highest BCUT2D eigenvalue weighted by molar-refractivity contribution is 8.00. The van der Waals surface area contributed by atoms with Crippen molar-refractivity contribution in [2.75, 3.05) is 23.8 Å². The van der Waals surface area contributed by atoms with E-state index in [0.717, 1.165) is 10.5 Å². The maximum atomic E-state index is 13.4. The molecule has 0 radical (unpaired) electrons. The molecule has 8 heteroatoms. The number of nitrogens with one attached hydrogen (secondary N) is 2. The molecule has 37 heavy (non-hydrogen) atoms. The molecule has 4 aromatic carbocycles. The summed E-state index contributed by atoms with van der Waals surface area (Å²) in [4.78, 5) is 26.7. The molecule has 1 atom stereocenters. The smallest absolute Gasteiger partial charge is 0.255 e. The number of carbonyl (C=O) groups is 2. The molecule has 0 spiro atoms. The molecule has 1 aliphatic heterocycles. The molecule has 0 saturated carbocycles. The standard InChI is InChI=1S/C29H23FN2O4S/c30-21-8-6-20(7-9-21)28(33)31-22-10-13-24(14-11-22)37-27(19-4-2-1-3-5-19)29(34)32-23-12-15-25-26(18-23)36-17-16-35-25/h1-15,18,27H,16-17H2,(H,31,33)(H,32,34). The van der Waals surface area contributed by atoms with E-state index in [4.69, 9.17) is 9.47 Å². The van der Waals surface area contributed by atoms with E-state index in [2.05, 4.69) is 10.6 Å². The lowest BCUT2D eigenvalue weighted by Gasteiger charge is -2.20. The molecule has 0 bridgehead atoms. The Hall–Kier alpha value is -4.30. The number of halogens is 1. The minimum atomic E-state index is -0.519. The van der Waals surface area contributed by atoms with E-state index < -0.39 is 11.1 Å². The lowest BCUT2D eigenvalue weighted by molar-refractivity contribution is -0.115. The fourth-order valence-electron chi connectivity index (χ4n) is 3.79. The molecule has 0 aliphatic carbocycles. The van der Waals surface area contributed by atoms with Crippen molar-refractivity contribution in [2.24, 2.45) is 0 Å². The highest BCUT2D eigenvalue weighted by Gasteiger charge is 2.23. The van der Waals surface area contributed by atoms with Crippen LogP contribution in [0, 0.1) is 5.82 Å². The minimum Gasteiger partial charge on any atom is -0.486 e. The van der Waals surface area contributed by atoms with Gasteiger partial charge in [0.15, 0.2) is 11.5 Å². The Labute approximate surface area is 217 Å². The van der Waals surface area contributed by atoms with Crippen molar-refractivity contribution in [3.8, 4) is 11.5 Å². The summed E-state index contributed by atoms with van der Waals surface area (Å²) in [5, 5.41) is 5.27. The SMILES string of the molecule is O=C(Nc1ccc(SC(C(=O)Nc2ccc3c(c2)OCCO3)c2ccccc2)cc1)c1ccc(F)cc1. The van der Waals surface area contributed by atoms with Gasteiger partial charge in [0.05, 0.1) is 0 Å². The number of hydrogen-bond acceptors (Lipinski definition) is 5. The lowest BCUT2D eigenvalue weighted by Crippen LogP contribution is -2.20. The number of anilines is 2. The monoisotopic (exact) mass is 514 g/mol. The second-order valence-electron chi connectivity index (χ2n) is 8.24. The first-order chi connectivity index (χ1) is 18.0. The predicted molar refractivity (Wildman–Crippen MR) is 142 cm³/mol. The van der Waals surface area contributed by atoms with Crippen LogP contribution in [0.15, 0.2) is 102 Å². The van der Waals surface area contributed by atoms with Crippen LogP contribution in [0.2, 0.25) is 0 Å². The average Bonchev–Trinajstić information content (AvgIpc) is 2.93. The van der Waals surface area contributed by atoms with Crippen LogP contribution in [0.25, 0.3) is 0 Å². The number of fused-ring (bicyclic) bond motifs is 1. The first-order valence-electron chi connectivity index (χ1n) is 11.6. The normalized spacial score (nSPS) is 12.9. The van der Waals surface area contributed by atoms with Crippen LogP contribution in [-0.4, -0.2) is 25.0 Å². The molecule has 2 N–H and O–H groups in total. The van der Waals surface area contributed by atoms with E-state index in [1.165, 1.54) is 36.0 Å². The summed E-state index contributed by atoms with van der Waals surface area (Å²) in [6.45, 7) is 0.966. The van der Waals surface area contributed by atoms with Crippen molar-refractivity contribution in [1.82, 2.24) is 0 Å². The number of amides is 2. The zero-order valence-corrected chi connectivity index (χ0v) is 20.5. The molecule has 5 rings (SSSR count). The van der Waals surface area contributed by atoms with Gasteiger partial charge in [0.2, 0.25) is 5.91 Å². The molecular formula is C29H23FN2O4S. The van der Waals surface area contributed by atoms with Gasteiger partial charge in [-0.15, -0.1) is 11.8 Å². The predicted octanol–water partition coefficient (Wildman–Crippen LogP) is 6.32. The molecule has 186 valence electrons. The van der Waals surface area contributed by atoms with E-state index >= 15 is 0 Å². The second kappa shape index (κ2) is 11.2. The molecule has 1 unspecified atom stereocenters. The maximum absolute atomic E-state index is 13.4. The van der Waals surface area contributed by atoms with Gasteiger partial charge in [-0.3, -0.25) is 9.59 Å². The first-order valence-corrected chi connectivity index (χ1v) is 12.5. The van der Waals surface area contributed by atoms with Gasteiger partial charge in [-0.2, -0.15) is 0 Å². The van der Waals surface area contributed by atoms with Gasteiger partial charge >= 0.3 is 0 Å². The molecule has 4 aromatic rings. The summed E-state index contributed by atoms with van der Waals surface area (Å²) in [7, 11) is 0. The van der Waals surface area contributed by atoms with E-state index in [0.29, 0.717) is 41.7 Å². The molecule has 1 aliphatic rings. The van der Waals surface area contributed by atoms with E-state index in [-0.39, 0.29) is 11.8 Å². The third-order valence-corrected chi connectivity index (χ3v) is 6.89. The van der Waals surface area contributed by atoms with Crippen molar-refractivity contribution in [3.63, 3.8) is 0 Å². The Balaban J connectivity index is 1.30. The van der Waals surface area contributed by atoms with Crippen molar-refractivity contribution >= 4 is 35.0 Å². The minimum absolute atomic E-state index is 0.179. The summed E-state index contributed by atoms with van der Waals surface area (Å²) in [5.41, 5.74) is 2.43. The molecular weight excluding hydrogens is 491 g/mol. The quantitative estimate of drug-likeness (QED) is 0.282. The molecule has 0 fully saturated rings. The van der Waals surface area contributed by atoms with Gasteiger partial charge in [0.25, 0.3) is 5.91 Å². The van der Waals surface area contributed by atoms with E-state index in [1.54, 1.807) is 30.3 Å². The Kier molecular flexibility index (Phi) is 7.37. The van der Waals surface area contributed by atoms with Crippen molar-refractivity contribution in [2.45, 2.75) is 10.1 Å². The van der Waals surface area contributed by atoms with Crippen LogP contribution in [0.4, 0.5) is 15.8 Å². The highest BCUT2D eigenvalue weighted by Crippen LogP contribution is 2.38. The van der Waals surface area contributed by atoms with Gasteiger partial charge in [-0.05, 0) is 66.2 Å². The molecule has 0 aromatic heterocycles. The van der Waals surface area contributed by atoms with E-state index in [9.17, 15) is 14.0 Å². The topological polar surface area (TPSA) is 76.7 Å². The lowest BCUT2D eigenvalue weighted by atomic mass is 10.1. The zero-order chi connectivity index (χ0) is 25.6. The number of rotatable bonds is 7.